The van der Waals surface area contributed by atoms with Crippen molar-refractivity contribution >= 4 is 33.3 Å². The molecule has 0 bridgehead atoms. The third-order valence-electron chi connectivity index (χ3n) is 3.91. The van der Waals surface area contributed by atoms with E-state index in [2.05, 4.69) is 73.7 Å². The third-order valence-corrected chi connectivity index (χ3v) is 5.05. The van der Waals surface area contributed by atoms with Gasteiger partial charge < -0.3 is 0 Å². The molecule has 3 aromatic rings. The first-order valence-corrected chi connectivity index (χ1v) is 8.03. The molecule has 0 radical (unpaired) electrons. The molecular weight excluding hydrogens is 274 g/mol. The number of aliphatic imine (C=N–C) groups is 1. The number of thioether (sulfide) groups is 1. The van der Waals surface area contributed by atoms with Crippen LogP contribution in [0.1, 0.15) is 23.3 Å². The van der Waals surface area contributed by atoms with E-state index >= 15 is 0 Å². The summed E-state index contributed by atoms with van der Waals surface area (Å²) < 4.78 is 0. The highest BCUT2D eigenvalue weighted by atomic mass is 32.2. The number of hydrogen-bond donors (Lipinski definition) is 0. The fourth-order valence-corrected chi connectivity index (χ4v) is 3.95. The minimum absolute atomic E-state index is 0.438. The molecule has 1 atom stereocenters. The summed E-state index contributed by atoms with van der Waals surface area (Å²) in [5.41, 5.74) is 3.66. The Bertz CT molecular complexity index is 846. The van der Waals surface area contributed by atoms with Gasteiger partial charge in [-0.15, -0.1) is 0 Å². The Labute approximate surface area is 128 Å². The van der Waals surface area contributed by atoms with Crippen molar-refractivity contribution in [3.8, 4) is 0 Å². The van der Waals surface area contributed by atoms with E-state index in [1.54, 1.807) is 0 Å². The van der Waals surface area contributed by atoms with Crippen LogP contribution in [0.5, 0.6) is 0 Å². The van der Waals surface area contributed by atoms with Crippen LogP contribution in [0.4, 0.5) is 5.69 Å². The predicted molar refractivity (Wildman–Crippen MR) is 92.6 cm³/mol. The molecule has 0 N–H and O–H groups in total. The number of benzene rings is 3. The lowest BCUT2D eigenvalue weighted by Crippen LogP contribution is -2.05. The van der Waals surface area contributed by atoms with Crippen LogP contribution in [-0.2, 0) is 0 Å². The van der Waals surface area contributed by atoms with Crippen LogP contribution >= 0.6 is 11.8 Å². The Hall–Kier alpha value is -2.06. The Balaban J connectivity index is 1.92. The normalized spacial score (nSPS) is 17.4. The van der Waals surface area contributed by atoms with Gasteiger partial charge in [0.25, 0.3) is 0 Å². The molecule has 0 aromatic heterocycles. The second-order valence-corrected chi connectivity index (χ2v) is 6.59. The molecule has 0 saturated carbocycles. The first-order chi connectivity index (χ1) is 10.3. The molecule has 0 saturated heterocycles. The Morgan fingerprint density at radius 3 is 2.57 bits per heavy atom. The lowest BCUT2D eigenvalue weighted by molar-refractivity contribution is 1.09. The van der Waals surface area contributed by atoms with E-state index < -0.39 is 0 Å². The topological polar surface area (TPSA) is 12.4 Å². The molecule has 1 unspecified atom stereocenters. The van der Waals surface area contributed by atoms with Gasteiger partial charge in [0.1, 0.15) is 5.04 Å². The van der Waals surface area contributed by atoms with Gasteiger partial charge in [-0.05, 0) is 29.3 Å². The Kier molecular flexibility index (Phi) is 3.04. The SMILES string of the molecule is CC1SC(c2cccc3ccccc23)=Nc2ccccc21. The second kappa shape index (κ2) is 5.05. The maximum Gasteiger partial charge on any atom is 0.105 e. The quantitative estimate of drug-likeness (QED) is 0.557. The van der Waals surface area contributed by atoms with Crippen LogP contribution in [-0.4, -0.2) is 5.04 Å². The number of fused-ring (bicyclic) bond motifs is 2. The molecule has 0 fully saturated rings. The summed E-state index contributed by atoms with van der Waals surface area (Å²) in [5.74, 6) is 0. The summed E-state index contributed by atoms with van der Waals surface area (Å²) in [6.07, 6.45) is 0. The minimum atomic E-state index is 0.438. The highest BCUT2D eigenvalue weighted by Crippen LogP contribution is 2.42. The Morgan fingerprint density at radius 2 is 1.62 bits per heavy atom. The van der Waals surface area contributed by atoms with Crippen molar-refractivity contribution in [2.24, 2.45) is 4.99 Å². The first kappa shape index (κ1) is 12.7. The van der Waals surface area contributed by atoms with Crippen molar-refractivity contribution < 1.29 is 0 Å². The predicted octanol–water partition coefficient (Wildman–Crippen LogP) is 5.73. The van der Waals surface area contributed by atoms with E-state index in [0.29, 0.717) is 5.25 Å². The third kappa shape index (κ3) is 2.16. The van der Waals surface area contributed by atoms with Gasteiger partial charge in [-0.1, -0.05) is 72.4 Å². The zero-order valence-electron chi connectivity index (χ0n) is 11.8. The number of nitrogens with zero attached hydrogens (tertiary/aromatic N) is 1. The maximum absolute atomic E-state index is 4.90. The van der Waals surface area contributed by atoms with Crippen LogP contribution in [0.3, 0.4) is 0 Å². The molecule has 0 spiro atoms. The highest BCUT2D eigenvalue weighted by Gasteiger charge is 2.21. The molecule has 1 aliphatic rings. The van der Waals surface area contributed by atoms with Gasteiger partial charge in [0.15, 0.2) is 0 Å². The van der Waals surface area contributed by atoms with Crippen LogP contribution in [0.2, 0.25) is 0 Å². The van der Waals surface area contributed by atoms with E-state index in [9.17, 15) is 0 Å². The standard InChI is InChI=1S/C19H15NS/c1-13-15-9-4-5-12-18(15)20-19(21-13)17-11-6-8-14-7-2-3-10-16(14)17/h2-13H,1H3. The smallest absolute Gasteiger partial charge is 0.105 e. The zero-order valence-corrected chi connectivity index (χ0v) is 12.6. The van der Waals surface area contributed by atoms with E-state index in [0.717, 1.165) is 10.7 Å². The molecule has 1 aliphatic heterocycles. The summed E-state index contributed by atoms with van der Waals surface area (Å²) in [5, 5.41) is 4.10. The van der Waals surface area contributed by atoms with E-state index in [1.807, 2.05) is 11.8 Å². The largest absolute Gasteiger partial charge is 0.241 e. The monoisotopic (exact) mass is 289 g/mol. The highest BCUT2D eigenvalue weighted by molar-refractivity contribution is 8.14. The molecule has 0 aliphatic carbocycles. The van der Waals surface area contributed by atoms with Gasteiger partial charge in [0.2, 0.25) is 0 Å². The van der Waals surface area contributed by atoms with Crippen molar-refractivity contribution in [1.29, 1.82) is 0 Å². The fraction of sp³-hybridized carbons (Fsp3) is 0.105. The van der Waals surface area contributed by atoms with E-state index in [4.69, 9.17) is 4.99 Å². The van der Waals surface area contributed by atoms with Gasteiger partial charge in [0.05, 0.1) is 5.69 Å². The molecule has 3 aromatic carbocycles. The van der Waals surface area contributed by atoms with Crippen molar-refractivity contribution in [1.82, 2.24) is 0 Å². The molecular formula is C19H15NS. The number of para-hydroxylation sites is 1. The van der Waals surface area contributed by atoms with Crippen molar-refractivity contribution in [3.63, 3.8) is 0 Å². The van der Waals surface area contributed by atoms with Crippen molar-refractivity contribution in [2.75, 3.05) is 0 Å². The van der Waals surface area contributed by atoms with Gasteiger partial charge in [-0.25, -0.2) is 4.99 Å². The molecule has 0 amide bonds. The molecule has 102 valence electrons. The van der Waals surface area contributed by atoms with E-state index in [-0.39, 0.29) is 0 Å². The van der Waals surface area contributed by atoms with Gasteiger partial charge in [-0.3, -0.25) is 0 Å². The van der Waals surface area contributed by atoms with Crippen LogP contribution in [0, 0.1) is 0 Å². The van der Waals surface area contributed by atoms with Crippen molar-refractivity contribution in [3.05, 3.63) is 77.9 Å². The van der Waals surface area contributed by atoms with Crippen LogP contribution in [0.25, 0.3) is 10.8 Å². The summed E-state index contributed by atoms with van der Waals surface area (Å²) in [6, 6.07) is 23.4. The molecule has 1 nitrogen and oxygen atoms in total. The van der Waals surface area contributed by atoms with Crippen LogP contribution < -0.4 is 0 Å². The first-order valence-electron chi connectivity index (χ1n) is 7.15. The average molecular weight is 289 g/mol. The Morgan fingerprint density at radius 1 is 0.857 bits per heavy atom. The van der Waals surface area contributed by atoms with Crippen molar-refractivity contribution in [2.45, 2.75) is 12.2 Å². The van der Waals surface area contributed by atoms with E-state index in [1.165, 1.54) is 21.9 Å². The molecule has 2 heteroatoms. The summed E-state index contributed by atoms with van der Waals surface area (Å²) in [4.78, 5) is 4.90. The molecule has 21 heavy (non-hydrogen) atoms. The lowest BCUT2D eigenvalue weighted by atomic mass is 10.0. The molecule has 4 rings (SSSR count). The summed E-state index contributed by atoms with van der Waals surface area (Å²) >= 11 is 1.85. The lowest BCUT2D eigenvalue weighted by Gasteiger charge is -2.21. The molecule has 1 heterocycles. The van der Waals surface area contributed by atoms with Gasteiger partial charge in [0, 0.05) is 10.8 Å². The second-order valence-electron chi connectivity index (χ2n) is 5.26. The number of hydrogen-bond acceptors (Lipinski definition) is 2. The van der Waals surface area contributed by atoms with Gasteiger partial charge in [-0.2, -0.15) is 0 Å². The maximum atomic E-state index is 4.90. The summed E-state index contributed by atoms with van der Waals surface area (Å²) in [6.45, 7) is 2.25. The fourth-order valence-electron chi connectivity index (χ4n) is 2.84. The summed E-state index contributed by atoms with van der Waals surface area (Å²) in [7, 11) is 0. The zero-order chi connectivity index (χ0) is 14.2. The van der Waals surface area contributed by atoms with Crippen LogP contribution in [0.15, 0.2) is 71.7 Å². The van der Waals surface area contributed by atoms with Gasteiger partial charge >= 0.3 is 0 Å². The minimum Gasteiger partial charge on any atom is -0.241 e. The average Bonchev–Trinajstić information content (AvgIpc) is 2.54. The number of rotatable bonds is 1.